The Kier molecular flexibility index (Phi) is 4.09. The minimum atomic E-state index is -0.241. The minimum Gasteiger partial charge on any atom is -0.335 e. The van der Waals surface area contributed by atoms with Crippen LogP contribution in [0.5, 0.6) is 0 Å². The SMILES string of the molecule is Cc1nc(NC(=O)NC2CCCc3ccccc3C2)nn1C. The number of fused-ring (bicyclic) bond motifs is 1. The average molecular weight is 299 g/mol. The highest BCUT2D eigenvalue weighted by Crippen LogP contribution is 2.20. The zero-order chi connectivity index (χ0) is 15.5. The Morgan fingerprint density at radius 2 is 2.09 bits per heavy atom. The van der Waals surface area contributed by atoms with Gasteiger partial charge in [0.15, 0.2) is 0 Å². The molecule has 2 N–H and O–H groups in total. The van der Waals surface area contributed by atoms with Crippen LogP contribution < -0.4 is 10.6 Å². The molecule has 1 heterocycles. The number of aromatic nitrogens is 3. The predicted octanol–water partition coefficient (Wildman–Crippen LogP) is 2.19. The number of aryl methyl sites for hydroxylation is 3. The molecule has 0 spiro atoms. The van der Waals surface area contributed by atoms with Crippen LogP contribution in [0.1, 0.15) is 29.8 Å². The van der Waals surface area contributed by atoms with Gasteiger partial charge in [0.1, 0.15) is 5.82 Å². The Balaban J connectivity index is 1.62. The molecule has 2 aromatic rings. The molecule has 0 bridgehead atoms. The Morgan fingerprint density at radius 1 is 1.32 bits per heavy atom. The molecule has 1 unspecified atom stereocenters. The van der Waals surface area contributed by atoms with Gasteiger partial charge in [-0.2, -0.15) is 4.98 Å². The highest BCUT2D eigenvalue weighted by Gasteiger charge is 2.18. The summed E-state index contributed by atoms with van der Waals surface area (Å²) in [7, 11) is 1.80. The van der Waals surface area contributed by atoms with Crippen LogP contribution in [0.3, 0.4) is 0 Å². The highest BCUT2D eigenvalue weighted by molar-refractivity contribution is 5.87. The van der Waals surface area contributed by atoms with Gasteiger partial charge in [0.05, 0.1) is 0 Å². The number of rotatable bonds is 2. The molecule has 22 heavy (non-hydrogen) atoms. The van der Waals surface area contributed by atoms with Gasteiger partial charge in [-0.25, -0.2) is 4.79 Å². The number of hydrogen-bond acceptors (Lipinski definition) is 3. The second kappa shape index (κ2) is 6.17. The number of amides is 2. The van der Waals surface area contributed by atoms with Crippen molar-refractivity contribution in [3.05, 3.63) is 41.2 Å². The van der Waals surface area contributed by atoms with Crippen LogP contribution in [0.25, 0.3) is 0 Å². The van der Waals surface area contributed by atoms with Gasteiger partial charge < -0.3 is 5.32 Å². The summed E-state index contributed by atoms with van der Waals surface area (Å²) in [5, 5.41) is 9.87. The lowest BCUT2D eigenvalue weighted by Gasteiger charge is -2.16. The fourth-order valence-electron chi connectivity index (χ4n) is 2.87. The van der Waals surface area contributed by atoms with E-state index in [9.17, 15) is 4.79 Å². The van der Waals surface area contributed by atoms with Crippen molar-refractivity contribution in [3.63, 3.8) is 0 Å². The van der Waals surface area contributed by atoms with Gasteiger partial charge in [-0.05, 0) is 43.7 Å². The van der Waals surface area contributed by atoms with E-state index in [1.54, 1.807) is 11.7 Å². The van der Waals surface area contributed by atoms with E-state index in [2.05, 4.69) is 45.0 Å². The molecule has 2 amide bonds. The smallest absolute Gasteiger partial charge is 0.321 e. The summed E-state index contributed by atoms with van der Waals surface area (Å²) in [6.07, 6.45) is 4.02. The van der Waals surface area contributed by atoms with Gasteiger partial charge in [-0.15, -0.1) is 5.10 Å². The number of carbonyl (C=O) groups excluding carboxylic acids is 1. The molecule has 116 valence electrons. The van der Waals surface area contributed by atoms with Crippen molar-refractivity contribution in [2.45, 2.75) is 38.6 Å². The standard InChI is InChI=1S/C16H21N5O/c1-11-17-15(20-21(11)2)19-16(22)18-14-9-5-8-12-6-3-4-7-13(12)10-14/h3-4,6-7,14H,5,8-10H2,1-2H3,(H2,18,19,20,22). The van der Waals surface area contributed by atoms with Crippen LogP contribution in [-0.4, -0.2) is 26.8 Å². The van der Waals surface area contributed by atoms with E-state index in [0.717, 1.165) is 31.5 Å². The lowest BCUT2D eigenvalue weighted by atomic mass is 10.0. The molecule has 1 atom stereocenters. The van der Waals surface area contributed by atoms with E-state index in [4.69, 9.17) is 0 Å². The first-order chi connectivity index (χ1) is 10.6. The molecular weight excluding hydrogens is 278 g/mol. The first kappa shape index (κ1) is 14.6. The Bertz CT molecular complexity index is 659. The number of nitrogens with zero attached hydrogens (tertiary/aromatic N) is 3. The Hall–Kier alpha value is -2.37. The van der Waals surface area contributed by atoms with Crippen LogP contribution in [-0.2, 0) is 19.9 Å². The zero-order valence-corrected chi connectivity index (χ0v) is 13.0. The van der Waals surface area contributed by atoms with Gasteiger partial charge in [-0.1, -0.05) is 24.3 Å². The summed E-state index contributed by atoms with van der Waals surface area (Å²) >= 11 is 0. The van der Waals surface area contributed by atoms with Gasteiger partial charge in [0, 0.05) is 13.1 Å². The van der Waals surface area contributed by atoms with E-state index < -0.39 is 0 Å². The van der Waals surface area contributed by atoms with Crippen molar-refractivity contribution in [2.75, 3.05) is 5.32 Å². The number of hydrogen-bond donors (Lipinski definition) is 2. The van der Waals surface area contributed by atoms with Gasteiger partial charge >= 0.3 is 6.03 Å². The number of anilines is 1. The summed E-state index contributed by atoms with van der Waals surface area (Å²) in [6, 6.07) is 8.37. The molecule has 1 aliphatic rings. The number of carbonyl (C=O) groups is 1. The van der Waals surface area contributed by atoms with Crippen molar-refractivity contribution in [1.29, 1.82) is 0 Å². The van der Waals surface area contributed by atoms with Crippen molar-refractivity contribution >= 4 is 12.0 Å². The molecular formula is C16H21N5O. The third-order valence-electron chi connectivity index (χ3n) is 4.12. The summed E-state index contributed by atoms with van der Waals surface area (Å²) in [5.74, 6) is 1.10. The number of nitrogens with one attached hydrogen (secondary N) is 2. The van der Waals surface area contributed by atoms with Gasteiger partial charge in [-0.3, -0.25) is 10.00 Å². The second-order valence-corrected chi connectivity index (χ2v) is 5.77. The van der Waals surface area contributed by atoms with Crippen molar-refractivity contribution in [1.82, 2.24) is 20.1 Å². The molecule has 0 fully saturated rings. The molecule has 1 aromatic heterocycles. The average Bonchev–Trinajstić information content (AvgIpc) is 2.69. The summed E-state index contributed by atoms with van der Waals surface area (Å²) < 4.78 is 1.64. The van der Waals surface area contributed by atoms with Crippen LogP contribution in [0.2, 0.25) is 0 Å². The molecule has 0 saturated heterocycles. The summed E-state index contributed by atoms with van der Waals surface area (Å²) in [6.45, 7) is 1.85. The molecule has 0 saturated carbocycles. The minimum absolute atomic E-state index is 0.147. The molecule has 6 nitrogen and oxygen atoms in total. The van der Waals surface area contributed by atoms with E-state index in [1.807, 2.05) is 6.92 Å². The lowest BCUT2D eigenvalue weighted by molar-refractivity contribution is 0.247. The van der Waals surface area contributed by atoms with E-state index in [0.29, 0.717) is 5.95 Å². The maximum absolute atomic E-state index is 12.1. The van der Waals surface area contributed by atoms with E-state index >= 15 is 0 Å². The van der Waals surface area contributed by atoms with E-state index in [-0.39, 0.29) is 12.1 Å². The first-order valence-corrected chi connectivity index (χ1v) is 7.64. The molecule has 1 aromatic carbocycles. The Morgan fingerprint density at radius 3 is 2.82 bits per heavy atom. The maximum Gasteiger partial charge on any atom is 0.321 e. The van der Waals surface area contributed by atoms with Crippen LogP contribution in [0, 0.1) is 6.92 Å². The third kappa shape index (κ3) is 3.27. The largest absolute Gasteiger partial charge is 0.335 e. The fraction of sp³-hybridized carbons (Fsp3) is 0.438. The maximum atomic E-state index is 12.1. The molecule has 0 radical (unpaired) electrons. The van der Waals surface area contributed by atoms with E-state index in [1.165, 1.54) is 11.1 Å². The third-order valence-corrected chi connectivity index (χ3v) is 4.12. The molecule has 3 rings (SSSR count). The van der Waals surface area contributed by atoms with Crippen molar-refractivity contribution < 1.29 is 4.79 Å². The monoisotopic (exact) mass is 299 g/mol. The summed E-state index contributed by atoms with van der Waals surface area (Å²) in [4.78, 5) is 16.3. The Labute approximate surface area is 129 Å². The van der Waals surface area contributed by atoms with Crippen LogP contribution in [0.4, 0.5) is 10.7 Å². The second-order valence-electron chi connectivity index (χ2n) is 5.77. The van der Waals surface area contributed by atoms with Crippen molar-refractivity contribution in [2.24, 2.45) is 7.05 Å². The molecule has 0 aliphatic heterocycles. The normalized spacial score (nSPS) is 17.5. The number of benzene rings is 1. The molecule has 1 aliphatic carbocycles. The number of urea groups is 1. The summed E-state index contributed by atoms with van der Waals surface area (Å²) in [5.41, 5.74) is 2.73. The van der Waals surface area contributed by atoms with Gasteiger partial charge in [0.2, 0.25) is 5.95 Å². The molecule has 6 heteroatoms. The van der Waals surface area contributed by atoms with Crippen LogP contribution in [0.15, 0.2) is 24.3 Å². The van der Waals surface area contributed by atoms with Crippen LogP contribution >= 0.6 is 0 Å². The lowest BCUT2D eigenvalue weighted by Crippen LogP contribution is -2.39. The first-order valence-electron chi connectivity index (χ1n) is 7.64. The zero-order valence-electron chi connectivity index (χ0n) is 13.0. The van der Waals surface area contributed by atoms with Crippen molar-refractivity contribution in [3.8, 4) is 0 Å². The van der Waals surface area contributed by atoms with Gasteiger partial charge in [0.25, 0.3) is 0 Å². The predicted molar refractivity (Wildman–Crippen MR) is 84.8 cm³/mol. The topological polar surface area (TPSA) is 71.8 Å². The highest BCUT2D eigenvalue weighted by atomic mass is 16.2. The fourth-order valence-corrected chi connectivity index (χ4v) is 2.87. The quantitative estimate of drug-likeness (QED) is 0.835.